The molecule has 6 heteroatoms. The maximum Gasteiger partial charge on any atom is 0.318 e. The SMILES string of the molecule is NC(=O)NC(=O)CN1CCCCCC1C1CCNCC1. The molecule has 1 atom stereocenters. The Kier molecular flexibility index (Phi) is 5.79. The van der Waals surface area contributed by atoms with E-state index < -0.39 is 6.03 Å². The Bertz CT molecular complexity index is 342. The molecule has 2 saturated heterocycles. The van der Waals surface area contributed by atoms with Crippen LogP contribution >= 0.6 is 0 Å². The smallest absolute Gasteiger partial charge is 0.318 e. The van der Waals surface area contributed by atoms with Gasteiger partial charge in [0.1, 0.15) is 0 Å². The van der Waals surface area contributed by atoms with E-state index >= 15 is 0 Å². The molecule has 4 N–H and O–H groups in total. The van der Waals surface area contributed by atoms with Gasteiger partial charge in [-0.3, -0.25) is 15.0 Å². The van der Waals surface area contributed by atoms with Crippen molar-refractivity contribution in [3.63, 3.8) is 0 Å². The first kappa shape index (κ1) is 15.3. The molecule has 20 heavy (non-hydrogen) atoms. The van der Waals surface area contributed by atoms with Crippen molar-refractivity contribution >= 4 is 11.9 Å². The summed E-state index contributed by atoms with van der Waals surface area (Å²) in [6.07, 6.45) is 7.12. The van der Waals surface area contributed by atoms with Gasteiger partial charge in [-0.2, -0.15) is 0 Å². The van der Waals surface area contributed by atoms with Crippen LogP contribution in [0.4, 0.5) is 4.79 Å². The van der Waals surface area contributed by atoms with Crippen LogP contribution in [0.1, 0.15) is 38.5 Å². The van der Waals surface area contributed by atoms with E-state index in [4.69, 9.17) is 5.73 Å². The van der Waals surface area contributed by atoms with E-state index in [0.717, 1.165) is 32.5 Å². The second-order valence-electron chi connectivity index (χ2n) is 5.89. The number of likely N-dealkylation sites (tertiary alicyclic amines) is 1. The van der Waals surface area contributed by atoms with Gasteiger partial charge in [-0.1, -0.05) is 12.8 Å². The van der Waals surface area contributed by atoms with Gasteiger partial charge in [0.05, 0.1) is 6.54 Å². The van der Waals surface area contributed by atoms with Crippen LogP contribution in [-0.4, -0.2) is 49.1 Å². The lowest BCUT2D eigenvalue weighted by molar-refractivity contribution is -0.122. The van der Waals surface area contributed by atoms with Crippen LogP contribution in [0.2, 0.25) is 0 Å². The Labute approximate surface area is 120 Å². The van der Waals surface area contributed by atoms with Crippen LogP contribution in [0.3, 0.4) is 0 Å². The zero-order valence-corrected chi connectivity index (χ0v) is 12.1. The first-order valence-electron chi connectivity index (χ1n) is 7.71. The van der Waals surface area contributed by atoms with Gasteiger partial charge < -0.3 is 11.1 Å². The maximum absolute atomic E-state index is 11.8. The number of urea groups is 1. The third-order valence-corrected chi connectivity index (χ3v) is 4.45. The minimum absolute atomic E-state index is 0.279. The van der Waals surface area contributed by atoms with Crippen LogP contribution in [0.5, 0.6) is 0 Å². The maximum atomic E-state index is 11.8. The summed E-state index contributed by atoms with van der Waals surface area (Å²) in [6, 6.07) is -0.290. The lowest BCUT2D eigenvalue weighted by atomic mass is 9.87. The monoisotopic (exact) mass is 282 g/mol. The van der Waals surface area contributed by atoms with Gasteiger partial charge in [0.2, 0.25) is 5.91 Å². The molecule has 0 saturated carbocycles. The number of nitrogens with two attached hydrogens (primary N) is 1. The Morgan fingerprint density at radius 3 is 2.60 bits per heavy atom. The van der Waals surface area contributed by atoms with E-state index in [9.17, 15) is 9.59 Å². The number of hydrogen-bond acceptors (Lipinski definition) is 4. The van der Waals surface area contributed by atoms with Crippen LogP contribution < -0.4 is 16.4 Å². The number of nitrogens with zero attached hydrogens (tertiary/aromatic N) is 1. The largest absolute Gasteiger partial charge is 0.351 e. The summed E-state index contributed by atoms with van der Waals surface area (Å²) in [5.41, 5.74) is 5.01. The second kappa shape index (κ2) is 7.59. The standard InChI is InChI=1S/C14H26N4O2/c15-14(20)17-13(19)10-18-9-3-1-2-4-12(18)11-5-7-16-8-6-11/h11-12,16H,1-10H2,(H3,15,17,19,20). The molecule has 114 valence electrons. The Morgan fingerprint density at radius 2 is 1.90 bits per heavy atom. The number of carbonyl (C=O) groups is 2. The summed E-state index contributed by atoms with van der Waals surface area (Å²) in [6.45, 7) is 3.38. The predicted octanol–water partition coefficient (Wildman–Crippen LogP) is 0.426. The van der Waals surface area contributed by atoms with Gasteiger partial charge in [-0.25, -0.2) is 4.79 Å². The second-order valence-corrected chi connectivity index (χ2v) is 5.89. The zero-order chi connectivity index (χ0) is 14.4. The van der Waals surface area contributed by atoms with Crippen molar-refractivity contribution in [1.29, 1.82) is 0 Å². The van der Waals surface area contributed by atoms with Crippen molar-refractivity contribution in [2.45, 2.75) is 44.6 Å². The number of hydrogen-bond donors (Lipinski definition) is 3. The van der Waals surface area contributed by atoms with E-state index in [1.54, 1.807) is 0 Å². The number of primary amides is 1. The minimum Gasteiger partial charge on any atom is -0.351 e. The topological polar surface area (TPSA) is 87.5 Å². The molecule has 0 bridgehead atoms. The first-order valence-corrected chi connectivity index (χ1v) is 7.71. The van der Waals surface area contributed by atoms with Crippen LogP contribution in [0.15, 0.2) is 0 Å². The van der Waals surface area contributed by atoms with E-state index in [-0.39, 0.29) is 12.5 Å². The van der Waals surface area contributed by atoms with Crippen molar-refractivity contribution in [3.8, 4) is 0 Å². The van der Waals surface area contributed by atoms with Crippen molar-refractivity contribution in [2.75, 3.05) is 26.2 Å². The van der Waals surface area contributed by atoms with Gasteiger partial charge in [0, 0.05) is 6.04 Å². The highest BCUT2D eigenvalue weighted by molar-refractivity contribution is 5.94. The normalized spacial score (nSPS) is 25.9. The van der Waals surface area contributed by atoms with Crippen LogP contribution in [0.25, 0.3) is 0 Å². The van der Waals surface area contributed by atoms with Crippen LogP contribution in [-0.2, 0) is 4.79 Å². The van der Waals surface area contributed by atoms with E-state index in [2.05, 4.69) is 15.5 Å². The Balaban J connectivity index is 1.96. The van der Waals surface area contributed by atoms with Gasteiger partial charge in [-0.05, 0) is 51.2 Å². The fourth-order valence-corrected chi connectivity index (χ4v) is 3.51. The average Bonchev–Trinajstić information content (AvgIpc) is 2.64. The summed E-state index contributed by atoms with van der Waals surface area (Å²) in [7, 11) is 0. The number of piperidine rings is 1. The molecule has 2 aliphatic rings. The van der Waals surface area contributed by atoms with E-state index in [1.807, 2.05) is 0 Å². The number of rotatable bonds is 3. The van der Waals surface area contributed by atoms with Crippen molar-refractivity contribution in [2.24, 2.45) is 11.7 Å². The Morgan fingerprint density at radius 1 is 1.15 bits per heavy atom. The van der Waals surface area contributed by atoms with E-state index in [1.165, 1.54) is 25.7 Å². The van der Waals surface area contributed by atoms with Gasteiger partial charge in [0.15, 0.2) is 0 Å². The summed E-state index contributed by atoms with van der Waals surface area (Å²) >= 11 is 0. The fraction of sp³-hybridized carbons (Fsp3) is 0.857. The van der Waals surface area contributed by atoms with Crippen molar-refractivity contribution in [1.82, 2.24) is 15.5 Å². The lowest BCUT2D eigenvalue weighted by Gasteiger charge is -2.37. The molecule has 3 amide bonds. The molecular weight excluding hydrogens is 256 g/mol. The zero-order valence-electron chi connectivity index (χ0n) is 12.1. The summed E-state index contributed by atoms with van der Waals surface area (Å²) in [5, 5.41) is 5.57. The molecule has 0 aromatic rings. The number of nitrogens with one attached hydrogen (secondary N) is 2. The number of imide groups is 1. The third kappa shape index (κ3) is 4.45. The highest BCUT2D eigenvalue weighted by Gasteiger charge is 2.30. The Hall–Kier alpha value is -1.14. The highest BCUT2D eigenvalue weighted by atomic mass is 16.2. The summed E-state index contributed by atoms with van der Waals surface area (Å²) in [4.78, 5) is 24.8. The third-order valence-electron chi connectivity index (χ3n) is 4.45. The molecular formula is C14H26N4O2. The van der Waals surface area contributed by atoms with Crippen molar-refractivity contribution in [3.05, 3.63) is 0 Å². The fourth-order valence-electron chi connectivity index (χ4n) is 3.51. The quantitative estimate of drug-likeness (QED) is 0.700. The van der Waals surface area contributed by atoms with Gasteiger partial charge >= 0.3 is 6.03 Å². The van der Waals surface area contributed by atoms with Crippen molar-refractivity contribution < 1.29 is 9.59 Å². The highest BCUT2D eigenvalue weighted by Crippen LogP contribution is 2.27. The summed E-state index contributed by atoms with van der Waals surface area (Å²) in [5.74, 6) is 0.383. The summed E-state index contributed by atoms with van der Waals surface area (Å²) < 4.78 is 0. The molecule has 6 nitrogen and oxygen atoms in total. The van der Waals surface area contributed by atoms with Gasteiger partial charge in [-0.15, -0.1) is 0 Å². The molecule has 0 aromatic heterocycles. The lowest BCUT2D eigenvalue weighted by Crippen LogP contribution is -2.49. The molecule has 0 spiro atoms. The molecule has 1 unspecified atom stereocenters. The molecule has 2 heterocycles. The average molecular weight is 282 g/mol. The van der Waals surface area contributed by atoms with Gasteiger partial charge in [0.25, 0.3) is 0 Å². The minimum atomic E-state index is -0.761. The number of carbonyl (C=O) groups excluding carboxylic acids is 2. The molecule has 2 rings (SSSR count). The molecule has 0 aromatic carbocycles. The molecule has 2 aliphatic heterocycles. The van der Waals surface area contributed by atoms with E-state index in [0.29, 0.717) is 12.0 Å². The predicted molar refractivity (Wildman–Crippen MR) is 77.1 cm³/mol. The number of amides is 3. The molecule has 2 fully saturated rings. The molecule has 0 radical (unpaired) electrons. The first-order chi connectivity index (χ1) is 9.66. The van der Waals surface area contributed by atoms with Crippen LogP contribution in [0, 0.1) is 5.92 Å². The molecule has 0 aliphatic carbocycles.